The van der Waals surface area contributed by atoms with E-state index < -0.39 is 15.8 Å². The molecule has 12 heteroatoms. The van der Waals surface area contributed by atoms with E-state index in [1.54, 1.807) is 58.5 Å². The summed E-state index contributed by atoms with van der Waals surface area (Å²) >= 11 is 0. The molecule has 0 spiro atoms. The largest absolute Gasteiger partial charge is 0.331 e. The molecule has 3 heterocycles. The second-order valence-electron chi connectivity index (χ2n) is 8.89. The van der Waals surface area contributed by atoms with Gasteiger partial charge in [-0.3, -0.25) is 23.9 Å². The van der Waals surface area contributed by atoms with E-state index in [1.165, 1.54) is 17.2 Å². The Bertz CT molecular complexity index is 1530. The molecule has 37 heavy (non-hydrogen) atoms. The van der Waals surface area contributed by atoms with E-state index in [9.17, 15) is 18.6 Å². The van der Waals surface area contributed by atoms with Gasteiger partial charge in [0.2, 0.25) is 0 Å². The molecule has 0 atom stereocenters. The van der Waals surface area contributed by atoms with Gasteiger partial charge in [0.25, 0.3) is 5.91 Å². The predicted octanol–water partition coefficient (Wildman–Crippen LogP) is 3.34. The van der Waals surface area contributed by atoms with Gasteiger partial charge in [-0.25, -0.2) is 9.78 Å². The molecule has 4 aromatic rings. The third-order valence-corrected chi connectivity index (χ3v) is 8.62. The number of H-pyrrole nitrogens is 1. The fraction of sp³-hybridized carbons (Fsp3) is 0.200. The average Bonchev–Trinajstić information content (AvgIpc) is 3.32. The van der Waals surface area contributed by atoms with Crippen LogP contribution in [0, 0.1) is 0 Å². The van der Waals surface area contributed by atoms with E-state index in [4.69, 9.17) is 0 Å². The highest BCUT2D eigenvalue weighted by molar-refractivity contribution is 8.15. The Morgan fingerprint density at radius 3 is 2.43 bits per heavy atom. The number of hydrogen-bond acceptors (Lipinski definition) is 7. The first kappa shape index (κ1) is 25.6. The number of hydrogen-bond donors (Lipinski definition) is 4. The second kappa shape index (κ2) is 10.3. The van der Waals surface area contributed by atoms with Gasteiger partial charge in [-0.15, -0.1) is 0 Å². The summed E-state index contributed by atoms with van der Waals surface area (Å²) in [5.41, 5.74) is 3.73. The van der Waals surface area contributed by atoms with Gasteiger partial charge in [0.1, 0.15) is 5.03 Å². The number of fused-ring (bicyclic) bond motifs is 1. The molecule has 11 nitrogen and oxygen atoms in total. The number of anilines is 2. The standard InChI is InChI=1S/C25H27N7O4S/c1-15(2)37(36,14-33)22-8-6-18(13-27-22)28-24(34)23-20-10-16(5-7-21(20)30-31-23)17-9-19(12-26-11-17)29-25(35)32(3)4/h5-15,37H,1-4H3,(H,28,34)(H,29,35)(H,30,31). The lowest BCUT2D eigenvalue weighted by molar-refractivity contribution is 0.102. The SMILES string of the molecule is CC(C)[SH](=O)(C=O)c1ccc(NC(=O)c2n[nH]c3ccc(-c4cncc(NC(=O)N(C)C)c4)cc23)cn1. The van der Waals surface area contributed by atoms with Gasteiger partial charge in [-0.2, -0.15) is 5.10 Å². The minimum atomic E-state index is -3.26. The Hall–Kier alpha value is -4.45. The molecule has 0 radical (unpaired) electrons. The third kappa shape index (κ3) is 5.23. The number of benzene rings is 1. The zero-order valence-corrected chi connectivity index (χ0v) is 21.6. The van der Waals surface area contributed by atoms with E-state index in [-0.39, 0.29) is 22.0 Å². The first-order chi connectivity index (χ1) is 17.6. The summed E-state index contributed by atoms with van der Waals surface area (Å²) < 4.78 is 12.8. The molecule has 0 unspecified atom stereocenters. The quantitative estimate of drug-likeness (QED) is 0.215. The summed E-state index contributed by atoms with van der Waals surface area (Å²) in [7, 11) is 0.0260. The molecular weight excluding hydrogens is 494 g/mol. The number of carbonyl (C=O) groups is 3. The summed E-state index contributed by atoms with van der Waals surface area (Å²) in [5.74, 6) is -0.467. The molecule has 0 aliphatic carbocycles. The monoisotopic (exact) mass is 521 g/mol. The van der Waals surface area contributed by atoms with Crippen molar-refractivity contribution < 1.29 is 18.6 Å². The van der Waals surface area contributed by atoms with Crippen LogP contribution in [0.25, 0.3) is 22.0 Å². The van der Waals surface area contributed by atoms with Crippen molar-refractivity contribution in [2.45, 2.75) is 24.1 Å². The molecule has 3 aromatic heterocycles. The van der Waals surface area contributed by atoms with Crippen molar-refractivity contribution in [1.82, 2.24) is 25.1 Å². The van der Waals surface area contributed by atoms with Gasteiger partial charge in [0.15, 0.2) is 11.3 Å². The molecule has 3 N–H and O–H groups in total. The van der Waals surface area contributed by atoms with Crippen LogP contribution in [-0.4, -0.2) is 66.2 Å². The summed E-state index contributed by atoms with van der Waals surface area (Å²) in [6.45, 7) is 3.41. The van der Waals surface area contributed by atoms with Gasteiger partial charge in [-0.05, 0) is 45.8 Å². The Morgan fingerprint density at radius 1 is 1.00 bits per heavy atom. The summed E-state index contributed by atoms with van der Waals surface area (Å²) in [5, 5.41) is 12.9. The first-order valence-corrected chi connectivity index (χ1v) is 13.2. The van der Waals surface area contributed by atoms with E-state index in [2.05, 4.69) is 30.8 Å². The Labute approximate surface area is 214 Å². The van der Waals surface area contributed by atoms with Crippen molar-refractivity contribution in [3.8, 4) is 11.1 Å². The molecule has 0 bridgehead atoms. The zero-order valence-electron chi connectivity index (χ0n) is 20.7. The van der Waals surface area contributed by atoms with Crippen molar-refractivity contribution in [1.29, 1.82) is 0 Å². The van der Waals surface area contributed by atoms with Gasteiger partial charge in [0.05, 0.1) is 29.3 Å². The Morgan fingerprint density at radius 2 is 1.78 bits per heavy atom. The average molecular weight is 522 g/mol. The molecule has 0 saturated carbocycles. The van der Waals surface area contributed by atoms with Crippen LogP contribution in [0.15, 0.2) is 60.0 Å². The molecule has 1 aromatic carbocycles. The summed E-state index contributed by atoms with van der Waals surface area (Å²) in [6.07, 6.45) is 4.58. The van der Waals surface area contributed by atoms with Crippen molar-refractivity contribution in [2.75, 3.05) is 24.7 Å². The molecule has 0 fully saturated rings. The normalized spacial score (nSPS) is 11.8. The highest BCUT2D eigenvalue weighted by Gasteiger charge is 2.23. The number of urea groups is 1. The van der Waals surface area contributed by atoms with E-state index in [0.29, 0.717) is 27.9 Å². The molecule has 0 aliphatic heterocycles. The summed E-state index contributed by atoms with van der Waals surface area (Å²) in [6, 6.07) is 10.0. The van der Waals surface area contributed by atoms with Crippen LogP contribution in [-0.2, 0) is 14.7 Å². The number of amides is 3. The van der Waals surface area contributed by atoms with Gasteiger partial charge < -0.3 is 15.5 Å². The number of aromatic amines is 1. The van der Waals surface area contributed by atoms with Crippen LogP contribution in [0.4, 0.5) is 16.2 Å². The van der Waals surface area contributed by atoms with Crippen LogP contribution < -0.4 is 10.6 Å². The Balaban J connectivity index is 1.58. The van der Waals surface area contributed by atoms with Crippen LogP contribution in [0.3, 0.4) is 0 Å². The molecule has 3 amide bonds. The van der Waals surface area contributed by atoms with Crippen molar-refractivity contribution in [2.24, 2.45) is 0 Å². The topological polar surface area (TPSA) is 150 Å². The lowest BCUT2D eigenvalue weighted by atomic mass is 10.0. The fourth-order valence-corrected chi connectivity index (χ4v) is 4.99. The van der Waals surface area contributed by atoms with Gasteiger partial charge in [-0.1, -0.05) is 19.9 Å². The maximum Gasteiger partial charge on any atom is 0.321 e. The molecule has 0 aliphatic rings. The molecular formula is C25H27N7O4S. The number of nitrogens with zero attached hydrogens (tertiary/aromatic N) is 4. The fourth-order valence-electron chi connectivity index (χ4n) is 3.57. The van der Waals surface area contributed by atoms with Crippen LogP contribution >= 0.6 is 0 Å². The first-order valence-electron chi connectivity index (χ1n) is 11.4. The maximum atomic E-state index is 13.0. The third-order valence-electron chi connectivity index (χ3n) is 5.79. The van der Waals surface area contributed by atoms with Crippen LogP contribution in [0.1, 0.15) is 24.3 Å². The lowest BCUT2D eigenvalue weighted by Gasteiger charge is -2.20. The Kier molecular flexibility index (Phi) is 7.11. The minimum Gasteiger partial charge on any atom is -0.331 e. The number of aromatic nitrogens is 4. The smallest absolute Gasteiger partial charge is 0.321 e. The van der Waals surface area contributed by atoms with Gasteiger partial charge in [0, 0.05) is 36.5 Å². The van der Waals surface area contributed by atoms with Crippen LogP contribution in [0.5, 0.6) is 0 Å². The van der Waals surface area contributed by atoms with Gasteiger partial charge >= 0.3 is 6.03 Å². The van der Waals surface area contributed by atoms with E-state index in [0.717, 1.165) is 11.1 Å². The number of rotatable bonds is 7. The molecule has 0 saturated heterocycles. The number of pyridine rings is 2. The highest BCUT2D eigenvalue weighted by atomic mass is 32.2. The van der Waals surface area contributed by atoms with Crippen molar-refractivity contribution in [3.05, 3.63) is 60.7 Å². The maximum absolute atomic E-state index is 13.0. The zero-order chi connectivity index (χ0) is 26.7. The van der Waals surface area contributed by atoms with Crippen LogP contribution in [0.2, 0.25) is 0 Å². The van der Waals surface area contributed by atoms with E-state index in [1.807, 2.05) is 12.1 Å². The predicted molar refractivity (Wildman–Crippen MR) is 144 cm³/mol. The molecule has 4 rings (SSSR count). The lowest BCUT2D eigenvalue weighted by Crippen LogP contribution is -2.27. The summed E-state index contributed by atoms with van der Waals surface area (Å²) in [4.78, 5) is 46.2. The van der Waals surface area contributed by atoms with Crippen molar-refractivity contribution >= 4 is 49.8 Å². The minimum absolute atomic E-state index is 0.173. The van der Waals surface area contributed by atoms with Crippen molar-refractivity contribution in [3.63, 3.8) is 0 Å². The highest BCUT2D eigenvalue weighted by Crippen LogP contribution is 2.27. The number of nitrogens with one attached hydrogen (secondary N) is 3. The number of carbonyl (C=O) groups excluding carboxylic acids is 3. The second-order valence-corrected chi connectivity index (χ2v) is 12.0. The number of thiol groups is 1. The van der Waals surface area contributed by atoms with E-state index >= 15 is 0 Å². The molecule has 192 valence electrons.